The van der Waals surface area contributed by atoms with Gasteiger partial charge in [-0.15, -0.1) is 0 Å². The van der Waals surface area contributed by atoms with Crippen LogP contribution < -0.4 is 5.32 Å². The first-order valence-corrected chi connectivity index (χ1v) is 8.94. The summed E-state index contributed by atoms with van der Waals surface area (Å²) in [7, 11) is 1.73. The zero-order chi connectivity index (χ0) is 18.1. The fourth-order valence-electron chi connectivity index (χ4n) is 2.33. The lowest BCUT2D eigenvalue weighted by molar-refractivity contribution is 0.102. The van der Waals surface area contributed by atoms with E-state index in [9.17, 15) is 9.18 Å². The SMILES string of the molecule is Cn1cc(C(=O)Nc2ccc(F)cc2-c2ccc(Cl)c(Cl)c2)c(I)n1. The van der Waals surface area contributed by atoms with E-state index in [1.165, 1.54) is 18.2 Å². The first-order chi connectivity index (χ1) is 11.8. The number of halogens is 4. The Hall–Kier alpha value is -1.64. The Morgan fingerprint density at radius 3 is 2.60 bits per heavy atom. The summed E-state index contributed by atoms with van der Waals surface area (Å²) in [5.41, 5.74) is 2.05. The highest BCUT2D eigenvalue weighted by Gasteiger charge is 2.16. The number of nitrogens with zero attached hydrogens (tertiary/aromatic N) is 2. The van der Waals surface area contributed by atoms with Gasteiger partial charge in [-0.1, -0.05) is 29.3 Å². The molecule has 2 aromatic carbocycles. The Bertz CT molecular complexity index is 975. The Morgan fingerprint density at radius 2 is 1.96 bits per heavy atom. The molecular weight excluding hydrogens is 479 g/mol. The van der Waals surface area contributed by atoms with Crippen LogP contribution in [0.3, 0.4) is 0 Å². The van der Waals surface area contributed by atoms with E-state index in [1.807, 2.05) is 22.6 Å². The van der Waals surface area contributed by atoms with E-state index in [1.54, 1.807) is 36.1 Å². The van der Waals surface area contributed by atoms with Gasteiger partial charge in [0.15, 0.2) is 0 Å². The molecule has 1 N–H and O–H groups in total. The summed E-state index contributed by atoms with van der Waals surface area (Å²) >= 11 is 14.0. The fraction of sp³-hybridized carbons (Fsp3) is 0.0588. The molecular formula is C17H11Cl2FIN3O. The second kappa shape index (κ2) is 7.31. The standard InChI is InChI=1S/C17H11Cl2FIN3O/c1-24-8-12(16(21)23-24)17(25)22-15-5-3-10(20)7-11(15)9-2-4-13(18)14(19)6-9/h2-8H,1H3,(H,22,25). The molecule has 0 spiro atoms. The zero-order valence-corrected chi connectivity index (χ0v) is 16.5. The minimum atomic E-state index is -0.421. The van der Waals surface area contributed by atoms with Crippen LogP contribution in [0.25, 0.3) is 11.1 Å². The molecule has 1 amide bonds. The Balaban J connectivity index is 2.00. The van der Waals surface area contributed by atoms with E-state index < -0.39 is 5.82 Å². The zero-order valence-electron chi connectivity index (χ0n) is 12.9. The van der Waals surface area contributed by atoms with Gasteiger partial charge in [-0.3, -0.25) is 9.48 Å². The average molecular weight is 490 g/mol. The number of anilines is 1. The summed E-state index contributed by atoms with van der Waals surface area (Å²) in [6, 6.07) is 9.09. The number of hydrogen-bond donors (Lipinski definition) is 1. The summed E-state index contributed by atoms with van der Waals surface area (Å²) in [5.74, 6) is -0.750. The van der Waals surface area contributed by atoms with Gasteiger partial charge in [0.05, 0.1) is 15.6 Å². The molecule has 0 bridgehead atoms. The smallest absolute Gasteiger partial charge is 0.259 e. The van der Waals surface area contributed by atoms with Gasteiger partial charge in [-0.25, -0.2) is 4.39 Å². The molecule has 128 valence electrons. The quantitative estimate of drug-likeness (QED) is 0.501. The van der Waals surface area contributed by atoms with E-state index in [2.05, 4.69) is 10.4 Å². The average Bonchev–Trinajstić information content (AvgIpc) is 2.90. The molecule has 0 atom stereocenters. The number of hydrogen-bond acceptors (Lipinski definition) is 2. The molecule has 0 saturated carbocycles. The van der Waals surface area contributed by atoms with Gasteiger partial charge in [0.25, 0.3) is 5.91 Å². The van der Waals surface area contributed by atoms with Crippen LogP contribution >= 0.6 is 45.8 Å². The maximum atomic E-state index is 13.8. The third-order valence-corrected chi connectivity index (χ3v) is 5.02. The number of benzene rings is 2. The lowest BCUT2D eigenvalue weighted by Gasteiger charge is -2.12. The van der Waals surface area contributed by atoms with Crippen molar-refractivity contribution < 1.29 is 9.18 Å². The van der Waals surface area contributed by atoms with E-state index in [0.29, 0.717) is 36.1 Å². The van der Waals surface area contributed by atoms with E-state index in [4.69, 9.17) is 23.2 Å². The van der Waals surface area contributed by atoms with Crippen molar-refractivity contribution in [3.8, 4) is 11.1 Å². The predicted octanol–water partition coefficient (Wildman–Crippen LogP) is 5.39. The number of carbonyl (C=O) groups is 1. The summed E-state index contributed by atoms with van der Waals surface area (Å²) in [6.45, 7) is 0. The summed E-state index contributed by atoms with van der Waals surface area (Å²) < 4.78 is 15.9. The van der Waals surface area contributed by atoms with Crippen molar-refractivity contribution in [1.82, 2.24) is 9.78 Å². The highest BCUT2D eigenvalue weighted by atomic mass is 127. The molecule has 0 aliphatic rings. The Morgan fingerprint density at radius 1 is 1.20 bits per heavy atom. The molecule has 0 fully saturated rings. The van der Waals surface area contributed by atoms with Crippen LogP contribution in [0.4, 0.5) is 10.1 Å². The first kappa shape index (κ1) is 18.2. The molecule has 4 nitrogen and oxygen atoms in total. The molecule has 25 heavy (non-hydrogen) atoms. The minimum absolute atomic E-state index is 0.328. The monoisotopic (exact) mass is 489 g/mol. The van der Waals surface area contributed by atoms with Gasteiger partial charge in [0.2, 0.25) is 0 Å². The van der Waals surface area contributed by atoms with Gasteiger partial charge in [-0.2, -0.15) is 5.10 Å². The number of carbonyl (C=O) groups excluding carboxylic acids is 1. The van der Waals surface area contributed by atoms with Crippen LogP contribution in [0.2, 0.25) is 10.0 Å². The molecule has 3 aromatic rings. The van der Waals surface area contributed by atoms with Gasteiger partial charge in [0.1, 0.15) is 9.52 Å². The lowest BCUT2D eigenvalue weighted by atomic mass is 10.0. The third-order valence-electron chi connectivity index (χ3n) is 3.49. The minimum Gasteiger partial charge on any atom is -0.321 e. The molecule has 0 radical (unpaired) electrons. The molecule has 0 aliphatic heterocycles. The highest BCUT2D eigenvalue weighted by Crippen LogP contribution is 2.33. The largest absolute Gasteiger partial charge is 0.321 e. The van der Waals surface area contributed by atoms with Crippen molar-refractivity contribution in [3.63, 3.8) is 0 Å². The van der Waals surface area contributed by atoms with Gasteiger partial charge in [0, 0.05) is 24.5 Å². The van der Waals surface area contributed by atoms with Crippen molar-refractivity contribution in [3.05, 3.63) is 67.7 Å². The number of rotatable bonds is 3. The van der Waals surface area contributed by atoms with Crippen LogP contribution in [-0.2, 0) is 7.05 Å². The van der Waals surface area contributed by atoms with Crippen LogP contribution in [0.1, 0.15) is 10.4 Å². The van der Waals surface area contributed by atoms with Crippen molar-refractivity contribution in [1.29, 1.82) is 0 Å². The van der Waals surface area contributed by atoms with Crippen molar-refractivity contribution in [2.75, 3.05) is 5.32 Å². The van der Waals surface area contributed by atoms with Crippen molar-refractivity contribution in [2.24, 2.45) is 7.05 Å². The van der Waals surface area contributed by atoms with E-state index >= 15 is 0 Å². The van der Waals surface area contributed by atoms with Gasteiger partial charge < -0.3 is 5.32 Å². The summed E-state index contributed by atoms with van der Waals surface area (Å²) in [6.07, 6.45) is 1.62. The number of aryl methyl sites for hydroxylation is 1. The summed E-state index contributed by atoms with van der Waals surface area (Å²) in [5, 5.41) is 7.69. The highest BCUT2D eigenvalue weighted by molar-refractivity contribution is 14.1. The van der Waals surface area contributed by atoms with Crippen molar-refractivity contribution in [2.45, 2.75) is 0 Å². The normalized spacial score (nSPS) is 10.8. The lowest BCUT2D eigenvalue weighted by Crippen LogP contribution is -2.13. The Labute approximate surface area is 167 Å². The molecule has 0 saturated heterocycles. The fourth-order valence-corrected chi connectivity index (χ4v) is 3.35. The molecule has 1 aromatic heterocycles. The van der Waals surface area contributed by atoms with Gasteiger partial charge >= 0.3 is 0 Å². The molecule has 0 unspecified atom stereocenters. The summed E-state index contributed by atoms with van der Waals surface area (Å²) in [4.78, 5) is 12.5. The van der Waals surface area contributed by atoms with Gasteiger partial charge in [-0.05, 0) is 58.5 Å². The van der Waals surface area contributed by atoms with Crippen LogP contribution in [0, 0.1) is 9.52 Å². The molecule has 0 aliphatic carbocycles. The molecule has 8 heteroatoms. The van der Waals surface area contributed by atoms with Crippen LogP contribution in [-0.4, -0.2) is 15.7 Å². The second-order valence-electron chi connectivity index (χ2n) is 5.28. The number of aromatic nitrogens is 2. The molecule has 1 heterocycles. The predicted molar refractivity (Wildman–Crippen MR) is 106 cm³/mol. The van der Waals surface area contributed by atoms with Crippen molar-refractivity contribution >= 4 is 57.4 Å². The Kier molecular flexibility index (Phi) is 5.31. The van der Waals surface area contributed by atoms with E-state index in [0.717, 1.165) is 0 Å². The van der Waals surface area contributed by atoms with Crippen LogP contribution in [0.5, 0.6) is 0 Å². The van der Waals surface area contributed by atoms with E-state index in [-0.39, 0.29) is 5.91 Å². The maximum Gasteiger partial charge on any atom is 0.259 e. The van der Waals surface area contributed by atoms with Crippen LogP contribution in [0.15, 0.2) is 42.6 Å². The molecule has 3 rings (SSSR count). The maximum absolute atomic E-state index is 13.8. The number of amides is 1. The third kappa shape index (κ3) is 3.96. The topological polar surface area (TPSA) is 46.9 Å². The first-order valence-electron chi connectivity index (χ1n) is 7.10. The number of nitrogens with one attached hydrogen (secondary N) is 1. The second-order valence-corrected chi connectivity index (χ2v) is 7.12.